The number of carbonyl (C=O) groups is 5. The van der Waals surface area contributed by atoms with Gasteiger partial charge in [-0.2, -0.15) is 0 Å². The molecule has 1 aromatic carbocycles. The number of rotatable bonds is 6. The molecule has 4 amide bonds. The number of benzene rings is 1. The number of hydrogen-bond donors (Lipinski definition) is 2. The van der Waals surface area contributed by atoms with Crippen molar-refractivity contribution in [3.8, 4) is 0 Å². The molecule has 4 rings (SSSR count). The fourth-order valence-electron chi connectivity index (χ4n) is 4.92. The van der Waals surface area contributed by atoms with Gasteiger partial charge in [0.2, 0.25) is 17.7 Å². The smallest absolute Gasteiger partial charge is 0.326 e. The average molecular weight is 482 g/mol. The van der Waals surface area contributed by atoms with Gasteiger partial charge in [0, 0.05) is 18.3 Å². The minimum absolute atomic E-state index is 0.172. The minimum atomic E-state index is -0.861. The van der Waals surface area contributed by atoms with Crippen LogP contribution in [-0.2, 0) is 28.7 Å². The zero-order valence-corrected chi connectivity index (χ0v) is 18.6. The molecule has 3 aliphatic rings. The Kier molecular flexibility index (Phi) is 6.13. The van der Waals surface area contributed by atoms with Crippen LogP contribution in [0.5, 0.6) is 0 Å². The van der Waals surface area contributed by atoms with Crippen molar-refractivity contribution in [2.24, 2.45) is 23.7 Å². The first-order valence-electron chi connectivity index (χ1n) is 10.1. The highest BCUT2D eigenvalue weighted by Crippen LogP contribution is 2.59. The molecule has 2 aliphatic carbocycles. The summed E-state index contributed by atoms with van der Waals surface area (Å²) in [7, 11) is 0. The minimum Gasteiger partial charge on any atom is -0.454 e. The number of ether oxygens (including phenoxy) is 1. The van der Waals surface area contributed by atoms with Crippen LogP contribution in [0.15, 0.2) is 24.3 Å². The SMILES string of the molecule is CC(=O)Nc1ccc(NC(=O)COC(=O)CN2C(=O)[C@@H]3[C@H]4C[C@@H]([C@H](Cl)[C@H]4Cl)[C@H]3C2=O)cc1. The number of imide groups is 1. The first-order chi connectivity index (χ1) is 15.2. The molecular formula is C21H21Cl2N3O6. The standard InChI is InChI=1S/C21H21Cl2N3O6/c1-9(27)24-10-2-4-11(5-3-10)25-14(28)8-32-15(29)7-26-20(30)16-12-6-13(17(16)21(26)31)19(23)18(12)22/h2-5,12-13,16-19H,6-8H2,1H3,(H,24,27)(H,25,28)/t12-,13-,16-,17-,18+,19+/m1/s1. The van der Waals surface area contributed by atoms with E-state index in [9.17, 15) is 24.0 Å². The van der Waals surface area contributed by atoms with E-state index in [1.165, 1.54) is 6.92 Å². The van der Waals surface area contributed by atoms with Gasteiger partial charge < -0.3 is 15.4 Å². The van der Waals surface area contributed by atoms with Crippen LogP contribution in [0.4, 0.5) is 11.4 Å². The van der Waals surface area contributed by atoms with E-state index in [-0.39, 0.29) is 28.5 Å². The Hall–Kier alpha value is -2.65. The third-order valence-electron chi connectivity index (χ3n) is 6.22. The molecule has 0 aromatic heterocycles. The summed E-state index contributed by atoms with van der Waals surface area (Å²) in [5.41, 5.74) is 1.01. The molecule has 1 aromatic rings. The average Bonchev–Trinajstić information content (AvgIpc) is 3.34. The molecule has 11 heteroatoms. The summed E-state index contributed by atoms with van der Waals surface area (Å²) in [6.07, 6.45) is 0.638. The fraction of sp³-hybridized carbons (Fsp3) is 0.476. The Balaban J connectivity index is 1.27. The molecule has 32 heavy (non-hydrogen) atoms. The van der Waals surface area contributed by atoms with Gasteiger partial charge in [-0.25, -0.2) is 0 Å². The van der Waals surface area contributed by atoms with Crippen molar-refractivity contribution in [2.45, 2.75) is 24.1 Å². The van der Waals surface area contributed by atoms with E-state index >= 15 is 0 Å². The van der Waals surface area contributed by atoms with Crippen molar-refractivity contribution in [3.63, 3.8) is 0 Å². The van der Waals surface area contributed by atoms with Gasteiger partial charge in [-0.15, -0.1) is 23.2 Å². The molecule has 1 aliphatic heterocycles. The molecular weight excluding hydrogens is 461 g/mol. The Morgan fingerprint density at radius 2 is 1.47 bits per heavy atom. The third-order valence-corrected chi connectivity index (χ3v) is 7.54. The first kappa shape index (κ1) is 22.5. The highest BCUT2D eigenvalue weighted by Gasteiger charge is 2.66. The lowest BCUT2D eigenvalue weighted by Gasteiger charge is -2.28. The zero-order chi connectivity index (χ0) is 23.2. The molecule has 6 atom stereocenters. The maximum absolute atomic E-state index is 12.7. The predicted octanol–water partition coefficient (Wildman–Crippen LogP) is 1.59. The number of anilines is 2. The maximum Gasteiger partial charge on any atom is 0.326 e. The summed E-state index contributed by atoms with van der Waals surface area (Å²) in [5.74, 6) is -3.95. The second-order valence-electron chi connectivity index (χ2n) is 8.23. The van der Waals surface area contributed by atoms with E-state index in [0.29, 0.717) is 17.8 Å². The highest BCUT2D eigenvalue weighted by atomic mass is 35.5. The molecule has 2 saturated carbocycles. The van der Waals surface area contributed by atoms with E-state index in [0.717, 1.165) is 4.90 Å². The fourth-order valence-corrected chi connectivity index (χ4v) is 5.82. The lowest BCUT2D eigenvalue weighted by atomic mass is 9.80. The summed E-state index contributed by atoms with van der Waals surface area (Å²) in [6.45, 7) is 0.254. The number of carbonyl (C=O) groups excluding carboxylic acids is 5. The summed E-state index contributed by atoms with van der Waals surface area (Å²) in [6, 6.07) is 6.37. The normalized spacial score (nSPS) is 30.3. The van der Waals surface area contributed by atoms with Crippen LogP contribution in [0, 0.1) is 23.7 Å². The number of fused-ring (bicyclic) bond motifs is 5. The molecule has 0 spiro atoms. The van der Waals surface area contributed by atoms with Gasteiger partial charge in [0.15, 0.2) is 6.61 Å². The van der Waals surface area contributed by atoms with Crippen molar-refractivity contribution in [1.82, 2.24) is 4.90 Å². The van der Waals surface area contributed by atoms with Crippen LogP contribution in [0.25, 0.3) is 0 Å². The van der Waals surface area contributed by atoms with Crippen molar-refractivity contribution in [1.29, 1.82) is 0 Å². The molecule has 9 nitrogen and oxygen atoms in total. The summed E-state index contributed by atoms with van der Waals surface area (Å²) >= 11 is 12.6. The van der Waals surface area contributed by atoms with Crippen molar-refractivity contribution >= 4 is 64.2 Å². The van der Waals surface area contributed by atoms with Gasteiger partial charge in [-0.05, 0) is 42.5 Å². The van der Waals surface area contributed by atoms with E-state index in [1.54, 1.807) is 24.3 Å². The number of halogens is 2. The number of alkyl halides is 2. The Morgan fingerprint density at radius 1 is 0.969 bits per heavy atom. The molecule has 1 heterocycles. The zero-order valence-electron chi connectivity index (χ0n) is 17.0. The van der Waals surface area contributed by atoms with E-state index in [1.807, 2.05) is 0 Å². The van der Waals surface area contributed by atoms with E-state index < -0.39 is 48.7 Å². The molecule has 0 radical (unpaired) electrons. The molecule has 0 unspecified atom stereocenters. The van der Waals surface area contributed by atoms with Gasteiger partial charge in [0.25, 0.3) is 5.91 Å². The Labute approximate surface area is 193 Å². The molecule has 2 bridgehead atoms. The van der Waals surface area contributed by atoms with Gasteiger partial charge in [-0.3, -0.25) is 28.9 Å². The maximum atomic E-state index is 12.7. The van der Waals surface area contributed by atoms with E-state index in [2.05, 4.69) is 10.6 Å². The number of likely N-dealkylation sites (tertiary alicyclic amines) is 1. The van der Waals surface area contributed by atoms with Gasteiger partial charge in [-0.1, -0.05) is 0 Å². The molecule has 170 valence electrons. The Bertz CT molecular complexity index is 952. The van der Waals surface area contributed by atoms with Crippen molar-refractivity contribution < 1.29 is 28.7 Å². The number of amides is 4. The number of nitrogens with zero attached hydrogens (tertiary/aromatic N) is 1. The van der Waals surface area contributed by atoms with Crippen LogP contribution in [0.3, 0.4) is 0 Å². The van der Waals surface area contributed by atoms with Crippen LogP contribution in [0.1, 0.15) is 13.3 Å². The topological polar surface area (TPSA) is 122 Å². The van der Waals surface area contributed by atoms with Gasteiger partial charge in [0.1, 0.15) is 6.54 Å². The second kappa shape index (κ2) is 8.71. The van der Waals surface area contributed by atoms with Gasteiger partial charge in [0.05, 0.1) is 22.6 Å². The molecule has 2 N–H and O–H groups in total. The van der Waals surface area contributed by atoms with Crippen LogP contribution in [-0.4, -0.2) is 58.4 Å². The lowest BCUT2D eigenvalue weighted by Crippen LogP contribution is -2.38. The first-order valence-corrected chi connectivity index (χ1v) is 11.0. The van der Waals surface area contributed by atoms with Crippen LogP contribution >= 0.6 is 23.2 Å². The number of hydrogen-bond acceptors (Lipinski definition) is 6. The monoisotopic (exact) mass is 481 g/mol. The second-order valence-corrected chi connectivity index (χ2v) is 9.24. The molecule has 1 saturated heterocycles. The van der Waals surface area contributed by atoms with Crippen molar-refractivity contribution in [2.75, 3.05) is 23.8 Å². The highest BCUT2D eigenvalue weighted by molar-refractivity contribution is 6.31. The lowest BCUT2D eigenvalue weighted by molar-refractivity contribution is -0.154. The predicted molar refractivity (Wildman–Crippen MR) is 115 cm³/mol. The van der Waals surface area contributed by atoms with Crippen molar-refractivity contribution in [3.05, 3.63) is 24.3 Å². The largest absolute Gasteiger partial charge is 0.454 e. The van der Waals surface area contributed by atoms with Gasteiger partial charge >= 0.3 is 5.97 Å². The number of nitrogens with one attached hydrogen (secondary N) is 2. The Morgan fingerprint density at radius 3 is 1.97 bits per heavy atom. The third kappa shape index (κ3) is 4.06. The summed E-state index contributed by atoms with van der Waals surface area (Å²) in [5, 5.41) is 4.40. The van der Waals surface area contributed by atoms with Crippen LogP contribution < -0.4 is 10.6 Å². The quantitative estimate of drug-likeness (QED) is 0.361. The summed E-state index contributed by atoms with van der Waals surface area (Å²) < 4.78 is 4.94. The van der Waals surface area contributed by atoms with Crippen LogP contribution in [0.2, 0.25) is 0 Å². The molecule has 3 fully saturated rings. The van der Waals surface area contributed by atoms with E-state index in [4.69, 9.17) is 27.9 Å². The number of esters is 1. The summed E-state index contributed by atoms with van der Waals surface area (Å²) in [4.78, 5) is 61.6.